The van der Waals surface area contributed by atoms with Crippen LogP contribution < -0.4 is 4.90 Å². The van der Waals surface area contributed by atoms with Gasteiger partial charge in [-0.05, 0) is 24.2 Å². The summed E-state index contributed by atoms with van der Waals surface area (Å²) >= 11 is 1.62. The van der Waals surface area contributed by atoms with Gasteiger partial charge in [0.05, 0.1) is 12.3 Å². The van der Waals surface area contributed by atoms with Crippen LogP contribution in [0.4, 0.5) is 5.82 Å². The molecular weight excluding hydrogens is 270 g/mol. The first-order valence-corrected chi connectivity index (χ1v) is 8.19. The molecule has 3 rings (SSSR count). The van der Waals surface area contributed by atoms with Crippen LogP contribution in [0.15, 0.2) is 11.6 Å². The molecule has 0 saturated carbocycles. The summed E-state index contributed by atoms with van der Waals surface area (Å²) in [4.78, 5) is 8.02. The van der Waals surface area contributed by atoms with Crippen molar-refractivity contribution in [3.8, 4) is 0 Å². The lowest BCUT2D eigenvalue weighted by Gasteiger charge is -2.39. The summed E-state index contributed by atoms with van der Waals surface area (Å²) < 4.78 is 2.01. The standard InChI is InChI=1S/C15H23N3OS/c1-15(2,3)11-4-6-17(7-5-11)13-12(10-19)18-8-9-20-14(18)16-13/h8-9,11,19H,4-7,10H2,1-3H3. The zero-order valence-electron chi connectivity index (χ0n) is 12.5. The average molecular weight is 293 g/mol. The number of fused-ring (bicyclic) bond motifs is 1. The molecule has 0 bridgehead atoms. The molecule has 2 aromatic rings. The number of anilines is 1. The smallest absolute Gasteiger partial charge is 0.195 e. The van der Waals surface area contributed by atoms with Gasteiger partial charge in [0.15, 0.2) is 10.8 Å². The first-order chi connectivity index (χ1) is 9.50. The third-order valence-electron chi connectivity index (χ3n) is 4.51. The number of hydrogen-bond donors (Lipinski definition) is 1. The predicted molar refractivity (Wildman–Crippen MR) is 83.4 cm³/mol. The van der Waals surface area contributed by atoms with Gasteiger partial charge in [-0.2, -0.15) is 0 Å². The van der Waals surface area contributed by atoms with Gasteiger partial charge in [-0.15, -0.1) is 11.3 Å². The Morgan fingerprint density at radius 3 is 2.65 bits per heavy atom. The van der Waals surface area contributed by atoms with Crippen molar-refractivity contribution >= 4 is 22.1 Å². The Labute approximate surface area is 124 Å². The van der Waals surface area contributed by atoms with E-state index in [0.717, 1.165) is 35.5 Å². The first kappa shape index (κ1) is 13.9. The Hall–Kier alpha value is -1.07. The van der Waals surface area contributed by atoms with Crippen molar-refractivity contribution in [1.82, 2.24) is 9.38 Å². The summed E-state index contributed by atoms with van der Waals surface area (Å²) in [5, 5.41) is 11.7. The fourth-order valence-corrected chi connectivity index (χ4v) is 3.91. The Morgan fingerprint density at radius 1 is 1.35 bits per heavy atom. The summed E-state index contributed by atoms with van der Waals surface area (Å²) in [6, 6.07) is 0. The molecule has 20 heavy (non-hydrogen) atoms. The van der Waals surface area contributed by atoms with Crippen molar-refractivity contribution in [2.24, 2.45) is 11.3 Å². The zero-order chi connectivity index (χ0) is 14.3. The third kappa shape index (κ3) is 2.33. The molecule has 0 radical (unpaired) electrons. The summed E-state index contributed by atoms with van der Waals surface area (Å²) in [6.45, 7) is 9.13. The average Bonchev–Trinajstić information content (AvgIpc) is 2.97. The number of thiazole rings is 1. The van der Waals surface area contributed by atoms with E-state index in [4.69, 9.17) is 4.98 Å². The SMILES string of the molecule is CC(C)(C)C1CCN(c2nc3sccn3c2CO)CC1. The van der Waals surface area contributed by atoms with E-state index in [9.17, 15) is 5.11 Å². The molecule has 0 aliphatic carbocycles. The van der Waals surface area contributed by atoms with E-state index >= 15 is 0 Å². The summed E-state index contributed by atoms with van der Waals surface area (Å²) in [6.07, 6.45) is 4.41. The maximum Gasteiger partial charge on any atom is 0.195 e. The minimum Gasteiger partial charge on any atom is -0.390 e. The van der Waals surface area contributed by atoms with Crippen LogP contribution >= 0.6 is 11.3 Å². The van der Waals surface area contributed by atoms with Gasteiger partial charge in [-0.25, -0.2) is 4.98 Å². The van der Waals surface area contributed by atoms with Gasteiger partial charge in [0, 0.05) is 24.7 Å². The van der Waals surface area contributed by atoms with Crippen LogP contribution in [-0.2, 0) is 6.61 Å². The Bertz CT molecular complexity index is 588. The highest BCUT2D eigenvalue weighted by Crippen LogP contribution is 2.36. The van der Waals surface area contributed by atoms with Gasteiger partial charge in [0.2, 0.25) is 0 Å². The fraction of sp³-hybridized carbons (Fsp3) is 0.667. The third-order valence-corrected chi connectivity index (χ3v) is 5.27. The number of hydrogen-bond acceptors (Lipinski definition) is 4. The Balaban J connectivity index is 1.81. The zero-order valence-corrected chi connectivity index (χ0v) is 13.3. The molecule has 4 nitrogen and oxygen atoms in total. The lowest BCUT2D eigenvalue weighted by atomic mass is 9.75. The van der Waals surface area contributed by atoms with Crippen LogP contribution in [0.1, 0.15) is 39.3 Å². The molecular formula is C15H23N3OS. The van der Waals surface area contributed by atoms with E-state index in [0.29, 0.717) is 5.41 Å². The van der Waals surface area contributed by atoms with E-state index in [1.54, 1.807) is 11.3 Å². The van der Waals surface area contributed by atoms with Crippen molar-refractivity contribution in [2.45, 2.75) is 40.2 Å². The van der Waals surface area contributed by atoms with Crippen LogP contribution in [0.25, 0.3) is 4.96 Å². The van der Waals surface area contributed by atoms with Gasteiger partial charge >= 0.3 is 0 Å². The van der Waals surface area contributed by atoms with Gasteiger partial charge in [0.1, 0.15) is 0 Å². The second kappa shape index (κ2) is 5.04. The first-order valence-electron chi connectivity index (χ1n) is 7.31. The fourth-order valence-electron chi connectivity index (χ4n) is 3.18. The molecule has 1 N–H and O–H groups in total. The predicted octanol–water partition coefficient (Wildman–Crippen LogP) is 3.15. The van der Waals surface area contributed by atoms with Gasteiger partial charge in [-0.1, -0.05) is 20.8 Å². The summed E-state index contributed by atoms with van der Waals surface area (Å²) in [5.74, 6) is 1.76. The van der Waals surface area contributed by atoms with E-state index in [1.807, 2.05) is 16.0 Å². The minimum atomic E-state index is 0.0480. The molecule has 0 unspecified atom stereocenters. The molecule has 0 spiro atoms. The lowest BCUT2D eigenvalue weighted by molar-refractivity contribution is 0.198. The molecule has 5 heteroatoms. The molecule has 110 valence electrons. The highest BCUT2D eigenvalue weighted by molar-refractivity contribution is 7.15. The molecule has 0 atom stereocenters. The van der Waals surface area contributed by atoms with Crippen LogP contribution in [0.2, 0.25) is 0 Å². The number of aliphatic hydroxyl groups excluding tert-OH is 1. The second-order valence-corrected chi connectivity index (χ2v) is 7.60. The molecule has 1 fully saturated rings. The highest BCUT2D eigenvalue weighted by Gasteiger charge is 2.30. The van der Waals surface area contributed by atoms with Crippen molar-refractivity contribution in [1.29, 1.82) is 0 Å². The topological polar surface area (TPSA) is 40.8 Å². The van der Waals surface area contributed by atoms with Crippen molar-refractivity contribution in [3.63, 3.8) is 0 Å². The maximum atomic E-state index is 9.65. The van der Waals surface area contributed by atoms with Gasteiger partial charge < -0.3 is 10.0 Å². The monoisotopic (exact) mass is 293 g/mol. The van der Waals surface area contributed by atoms with Crippen molar-refractivity contribution in [3.05, 3.63) is 17.3 Å². The Morgan fingerprint density at radius 2 is 2.05 bits per heavy atom. The van der Waals surface area contributed by atoms with Crippen LogP contribution in [0.5, 0.6) is 0 Å². The molecule has 3 heterocycles. The molecule has 1 saturated heterocycles. The number of imidazole rings is 1. The molecule has 2 aromatic heterocycles. The highest BCUT2D eigenvalue weighted by atomic mass is 32.1. The summed E-state index contributed by atoms with van der Waals surface area (Å²) in [7, 11) is 0. The molecule has 1 aliphatic rings. The molecule has 0 amide bonds. The lowest BCUT2D eigenvalue weighted by Crippen LogP contribution is -2.38. The molecule has 0 aromatic carbocycles. The molecule has 1 aliphatic heterocycles. The number of piperidine rings is 1. The minimum absolute atomic E-state index is 0.0480. The van der Waals surface area contributed by atoms with Crippen molar-refractivity contribution < 1.29 is 5.11 Å². The van der Waals surface area contributed by atoms with Crippen LogP contribution in [-0.4, -0.2) is 27.6 Å². The number of aromatic nitrogens is 2. The second-order valence-electron chi connectivity index (χ2n) is 6.72. The van der Waals surface area contributed by atoms with E-state index < -0.39 is 0 Å². The van der Waals surface area contributed by atoms with E-state index in [1.165, 1.54) is 12.8 Å². The summed E-state index contributed by atoms with van der Waals surface area (Å²) in [5.41, 5.74) is 1.32. The maximum absolute atomic E-state index is 9.65. The number of aliphatic hydroxyl groups is 1. The Kier molecular flexibility index (Phi) is 3.50. The quantitative estimate of drug-likeness (QED) is 0.924. The van der Waals surface area contributed by atoms with Crippen molar-refractivity contribution in [2.75, 3.05) is 18.0 Å². The normalized spacial score (nSPS) is 18.1. The number of nitrogens with zero attached hydrogens (tertiary/aromatic N) is 3. The largest absolute Gasteiger partial charge is 0.390 e. The number of rotatable bonds is 2. The van der Waals surface area contributed by atoms with E-state index in [2.05, 4.69) is 25.7 Å². The van der Waals surface area contributed by atoms with Gasteiger partial charge in [0.25, 0.3) is 0 Å². The van der Waals surface area contributed by atoms with E-state index in [-0.39, 0.29) is 6.61 Å². The van der Waals surface area contributed by atoms with Gasteiger partial charge in [-0.3, -0.25) is 4.40 Å². The van der Waals surface area contributed by atoms with Crippen LogP contribution in [0.3, 0.4) is 0 Å². The van der Waals surface area contributed by atoms with Crippen LogP contribution in [0, 0.1) is 11.3 Å².